The zero-order valence-corrected chi connectivity index (χ0v) is 21.8. The average Bonchev–Trinajstić information content (AvgIpc) is 3.05. The van der Waals surface area contributed by atoms with Crippen molar-refractivity contribution in [2.75, 3.05) is 25.9 Å². The van der Waals surface area contributed by atoms with Gasteiger partial charge in [0, 0.05) is 56.5 Å². The van der Waals surface area contributed by atoms with Gasteiger partial charge < -0.3 is 9.88 Å². The van der Waals surface area contributed by atoms with Crippen LogP contribution in [0.25, 0.3) is 10.9 Å². The van der Waals surface area contributed by atoms with E-state index in [-0.39, 0.29) is 26.1 Å². The van der Waals surface area contributed by atoms with Gasteiger partial charge in [-0.2, -0.15) is 12.7 Å². The Bertz CT molecular complexity index is 1340. The number of nitrogens with one attached hydrogen (secondary N) is 3. The molecule has 0 unspecified atom stereocenters. The van der Waals surface area contributed by atoms with Gasteiger partial charge in [0.1, 0.15) is 5.69 Å². The summed E-state index contributed by atoms with van der Waals surface area (Å²) >= 11 is 12.4. The summed E-state index contributed by atoms with van der Waals surface area (Å²) in [5.41, 5.74) is 1.01. The molecule has 2 aromatic rings. The fourth-order valence-electron chi connectivity index (χ4n) is 3.93. The number of amides is 2. The van der Waals surface area contributed by atoms with Crippen LogP contribution in [0.5, 0.6) is 0 Å². The Morgan fingerprint density at radius 2 is 1.85 bits per heavy atom. The molecule has 0 radical (unpaired) electrons. The summed E-state index contributed by atoms with van der Waals surface area (Å²) in [5.74, 6) is -1.77. The molecule has 2 amide bonds. The van der Waals surface area contributed by atoms with Crippen LogP contribution in [0.3, 0.4) is 0 Å². The van der Waals surface area contributed by atoms with Crippen LogP contribution in [-0.2, 0) is 32.1 Å². The molecule has 0 aliphatic carbocycles. The summed E-state index contributed by atoms with van der Waals surface area (Å²) in [4.78, 5) is 24.4. The zero-order valence-electron chi connectivity index (χ0n) is 18.6. The number of fused-ring (bicyclic) bond motifs is 1. The predicted molar refractivity (Wildman–Crippen MR) is 129 cm³/mol. The number of rotatable bonds is 7. The molecule has 188 valence electrons. The molecule has 2 heterocycles. The molecule has 1 aromatic carbocycles. The van der Waals surface area contributed by atoms with E-state index in [0.29, 0.717) is 26.6 Å². The van der Waals surface area contributed by atoms with Crippen molar-refractivity contribution in [2.24, 2.45) is 13.0 Å². The van der Waals surface area contributed by atoms with Crippen LogP contribution in [0.4, 0.5) is 0 Å². The van der Waals surface area contributed by atoms with Gasteiger partial charge in [0.2, 0.25) is 15.9 Å². The van der Waals surface area contributed by atoms with E-state index in [2.05, 4.69) is 10.0 Å². The molecule has 0 bridgehead atoms. The fraction of sp³-hybridized carbons (Fsp3) is 0.474. The predicted octanol–water partition coefficient (Wildman–Crippen LogP) is 0.836. The van der Waals surface area contributed by atoms with Gasteiger partial charge in [-0.15, -0.1) is 0 Å². The summed E-state index contributed by atoms with van der Waals surface area (Å²) in [6.45, 7) is 0.898. The number of piperidine rings is 1. The number of nitrogens with zero attached hydrogens (tertiary/aromatic N) is 2. The monoisotopic (exact) mass is 553 g/mol. The first-order valence-electron chi connectivity index (χ1n) is 10.2. The van der Waals surface area contributed by atoms with Crippen LogP contribution >= 0.6 is 23.2 Å². The van der Waals surface area contributed by atoms with E-state index in [1.807, 2.05) is 4.72 Å². The molecule has 1 aliphatic rings. The minimum Gasteiger partial charge on any atom is -0.348 e. The quantitative estimate of drug-likeness (QED) is 0.462. The van der Waals surface area contributed by atoms with Crippen molar-refractivity contribution in [3.63, 3.8) is 0 Å². The number of aromatic nitrogens is 1. The van der Waals surface area contributed by atoms with Crippen molar-refractivity contribution >= 4 is 66.2 Å². The Morgan fingerprint density at radius 3 is 2.47 bits per heavy atom. The highest BCUT2D eigenvalue weighted by Gasteiger charge is 2.36. The third kappa shape index (κ3) is 6.01. The van der Waals surface area contributed by atoms with Crippen molar-refractivity contribution in [3.05, 3.63) is 33.9 Å². The van der Waals surface area contributed by atoms with Crippen LogP contribution in [0, 0.1) is 5.92 Å². The lowest BCUT2D eigenvalue weighted by Gasteiger charge is -2.38. The van der Waals surface area contributed by atoms with E-state index in [4.69, 9.17) is 23.2 Å². The SMILES string of the molecule is CC(=O)NS(=O)(=O)N1CC[C@H](NC(=O)c2cc3c(Cl)c(Cl)ccc3n2C)[C@@H](CNS(C)(=O)=O)C1. The van der Waals surface area contributed by atoms with Crippen molar-refractivity contribution in [2.45, 2.75) is 19.4 Å². The molecular formula is C19H25Cl2N5O6S2. The highest BCUT2D eigenvalue weighted by Crippen LogP contribution is 2.32. The first kappa shape index (κ1) is 26.7. The van der Waals surface area contributed by atoms with Crippen LogP contribution in [-0.4, -0.2) is 69.5 Å². The van der Waals surface area contributed by atoms with Gasteiger partial charge >= 0.3 is 10.2 Å². The topological polar surface area (TPSA) is 147 Å². The van der Waals surface area contributed by atoms with Crippen molar-refractivity contribution < 1.29 is 26.4 Å². The second-order valence-corrected chi connectivity index (χ2v) is 12.4. The van der Waals surface area contributed by atoms with E-state index in [1.54, 1.807) is 29.8 Å². The smallest absolute Gasteiger partial charge is 0.303 e. The molecule has 34 heavy (non-hydrogen) atoms. The molecule has 2 atom stereocenters. The lowest BCUT2D eigenvalue weighted by molar-refractivity contribution is -0.117. The Kier molecular flexibility index (Phi) is 7.85. The highest BCUT2D eigenvalue weighted by molar-refractivity contribution is 7.88. The number of halogens is 2. The number of aryl methyl sites for hydroxylation is 1. The van der Waals surface area contributed by atoms with Crippen LogP contribution in [0.1, 0.15) is 23.8 Å². The van der Waals surface area contributed by atoms with E-state index < -0.39 is 44.0 Å². The number of sulfonamides is 1. The van der Waals surface area contributed by atoms with E-state index in [1.165, 1.54) is 0 Å². The molecule has 1 saturated heterocycles. The highest BCUT2D eigenvalue weighted by atomic mass is 35.5. The molecule has 1 fully saturated rings. The van der Waals surface area contributed by atoms with Crippen molar-refractivity contribution in [3.8, 4) is 0 Å². The summed E-state index contributed by atoms with van der Waals surface area (Å²) in [6.07, 6.45) is 1.19. The minimum absolute atomic E-state index is 0.0273. The summed E-state index contributed by atoms with van der Waals surface area (Å²) in [6, 6.07) is 4.44. The number of hydrogen-bond donors (Lipinski definition) is 3. The Balaban J connectivity index is 1.84. The van der Waals surface area contributed by atoms with E-state index >= 15 is 0 Å². The van der Waals surface area contributed by atoms with Gasteiger partial charge in [0.05, 0.1) is 16.3 Å². The molecule has 0 spiro atoms. The standard InChI is InChI=1S/C19H25Cl2N5O6S2/c1-11(27)24-34(31,32)26-7-6-15(12(10-26)9-22-33(3,29)30)23-19(28)17-8-13-16(25(17)2)5-4-14(20)18(13)21/h4-5,8,12,15,22H,6-7,9-10H2,1-3H3,(H,23,28)(H,24,27)/t12-,15-/m0/s1. The third-order valence-corrected chi connectivity index (χ3v) is 8.65. The van der Waals surface area contributed by atoms with Gasteiger partial charge in [-0.3, -0.25) is 9.59 Å². The van der Waals surface area contributed by atoms with Crippen LogP contribution < -0.4 is 14.8 Å². The first-order chi connectivity index (χ1) is 15.7. The molecule has 15 heteroatoms. The molecule has 11 nitrogen and oxygen atoms in total. The zero-order chi connectivity index (χ0) is 25.4. The van der Waals surface area contributed by atoms with Gasteiger partial charge in [-0.25, -0.2) is 17.9 Å². The largest absolute Gasteiger partial charge is 0.348 e. The first-order valence-corrected chi connectivity index (χ1v) is 14.3. The number of carbonyl (C=O) groups excluding carboxylic acids is 2. The fourth-order valence-corrected chi connectivity index (χ4v) is 6.05. The molecule has 3 N–H and O–H groups in total. The Labute approximate surface area is 208 Å². The average molecular weight is 554 g/mol. The van der Waals surface area contributed by atoms with Crippen LogP contribution in [0.2, 0.25) is 10.0 Å². The normalized spacial score (nSPS) is 19.8. The molecule has 0 saturated carbocycles. The molecule has 3 rings (SSSR count). The van der Waals surface area contributed by atoms with Gasteiger partial charge in [0.15, 0.2) is 0 Å². The Hall–Kier alpha value is -1.90. The van der Waals surface area contributed by atoms with Crippen molar-refractivity contribution in [1.82, 2.24) is 23.6 Å². The van der Waals surface area contributed by atoms with Gasteiger partial charge in [-0.1, -0.05) is 23.2 Å². The number of hydrogen-bond acceptors (Lipinski definition) is 6. The van der Waals surface area contributed by atoms with Gasteiger partial charge in [-0.05, 0) is 24.6 Å². The second-order valence-electron chi connectivity index (χ2n) is 8.15. The number of carbonyl (C=O) groups is 2. The minimum atomic E-state index is -4.09. The maximum atomic E-state index is 13.1. The lowest BCUT2D eigenvalue weighted by Crippen LogP contribution is -2.57. The summed E-state index contributed by atoms with van der Waals surface area (Å²) in [7, 11) is -5.96. The van der Waals surface area contributed by atoms with Crippen LogP contribution in [0.15, 0.2) is 18.2 Å². The lowest BCUT2D eigenvalue weighted by atomic mass is 9.93. The Morgan fingerprint density at radius 1 is 1.18 bits per heavy atom. The summed E-state index contributed by atoms with van der Waals surface area (Å²) in [5, 5.41) is 4.17. The van der Waals surface area contributed by atoms with Gasteiger partial charge in [0.25, 0.3) is 5.91 Å². The second kappa shape index (κ2) is 9.99. The maximum Gasteiger partial charge on any atom is 0.303 e. The maximum absolute atomic E-state index is 13.1. The molecule has 1 aliphatic heterocycles. The molecule has 1 aromatic heterocycles. The van der Waals surface area contributed by atoms with Crippen molar-refractivity contribution in [1.29, 1.82) is 0 Å². The third-order valence-electron chi connectivity index (χ3n) is 5.58. The molecular weight excluding hydrogens is 529 g/mol. The van der Waals surface area contributed by atoms with E-state index in [9.17, 15) is 26.4 Å². The van der Waals surface area contributed by atoms with E-state index in [0.717, 1.165) is 17.5 Å². The summed E-state index contributed by atoms with van der Waals surface area (Å²) < 4.78 is 55.1. The number of benzene rings is 1.